The molecule has 0 fully saturated rings. The lowest BCUT2D eigenvalue weighted by molar-refractivity contribution is 0.0912. The van der Waals surface area contributed by atoms with E-state index in [2.05, 4.69) is 10.3 Å². The van der Waals surface area contributed by atoms with Gasteiger partial charge in [0.05, 0.1) is 12.3 Å². The molecule has 6 heteroatoms. The van der Waals surface area contributed by atoms with Gasteiger partial charge in [0.2, 0.25) is 0 Å². The summed E-state index contributed by atoms with van der Waals surface area (Å²) < 4.78 is 1.78. The number of imidazole rings is 1. The average Bonchev–Trinajstić information content (AvgIpc) is 3.16. The number of hydrogen-bond acceptors (Lipinski definition) is 4. The number of thiophene rings is 1. The molecular formula is C17H19N3O2S. The first-order valence-electron chi connectivity index (χ1n) is 7.50. The fourth-order valence-corrected chi connectivity index (χ4v) is 3.27. The Morgan fingerprint density at radius 3 is 3.00 bits per heavy atom. The van der Waals surface area contributed by atoms with Gasteiger partial charge in [-0.05, 0) is 43.3 Å². The second-order valence-electron chi connectivity index (χ2n) is 5.72. The Morgan fingerprint density at radius 2 is 2.26 bits per heavy atom. The minimum Gasteiger partial charge on any atom is -0.387 e. The van der Waals surface area contributed by atoms with Crippen molar-refractivity contribution < 1.29 is 9.90 Å². The van der Waals surface area contributed by atoms with Crippen molar-refractivity contribution in [2.75, 3.05) is 0 Å². The summed E-state index contributed by atoms with van der Waals surface area (Å²) in [6, 6.07) is 7.51. The second-order valence-corrected chi connectivity index (χ2v) is 6.70. The zero-order valence-electron chi connectivity index (χ0n) is 13.1. The first-order valence-corrected chi connectivity index (χ1v) is 8.38. The van der Waals surface area contributed by atoms with E-state index in [1.54, 1.807) is 10.6 Å². The van der Waals surface area contributed by atoms with Crippen LogP contribution in [0, 0.1) is 6.92 Å². The van der Waals surface area contributed by atoms with Crippen molar-refractivity contribution in [3.63, 3.8) is 0 Å². The van der Waals surface area contributed by atoms with E-state index in [-0.39, 0.29) is 11.9 Å². The maximum atomic E-state index is 12.5. The molecule has 3 rings (SSSR count). The molecule has 0 radical (unpaired) electrons. The third-order valence-corrected chi connectivity index (χ3v) is 4.69. The molecule has 0 saturated carbocycles. The number of hydrogen-bond donors (Lipinski definition) is 2. The molecule has 5 nitrogen and oxygen atoms in total. The average molecular weight is 329 g/mol. The van der Waals surface area contributed by atoms with Crippen LogP contribution < -0.4 is 5.32 Å². The van der Waals surface area contributed by atoms with Gasteiger partial charge in [0.15, 0.2) is 0 Å². The summed E-state index contributed by atoms with van der Waals surface area (Å²) in [5.41, 5.74) is 2.30. The summed E-state index contributed by atoms with van der Waals surface area (Å²) in [7, 11) is 0. The second kappa shape index (κ2) is 6.52. The van der Waals surface area contributed by atoms with Crippen molar-refractivity contribution in [2.24, 2.45) is 0 Å². The van der Waals surface area contributed by atoms with Gasteiger partial charge in [0.1, 0.15) is 11.3 Å². The Kier molecular flexibility index (Phi) is 4.45. The number of aliphatic hydroxyl groups is 1. The number of aryl methyl sites for hydroxylation is 1. The Labute approximate surface area is 138 Å². The Bertz CT molecular complexity index is 810. The number of carbonyl (C=O) groups is 1. The molecule has 23 heavy (non-hydrogen) atoms. The van der Waals surface area contributed by atoms with Crippen LogP contribution in [0.2, 0.25) is 0 Å². The molecule has 0 spiro atoms. The smallest absolute Gasteiger partial charge is 0.270 e. The van der Waals surface area contributed by atoms with Crippen LogP contribution in [0.25, 0.3) is 5.65 Å². The van der Waals surface area contributed by atoms with Crippen LogP contribution in [-0.4, -0.2) is 26.4 Å². The van der Waals surface area contributed by atoms with E-state index in [1.165, 1.54) is 11.3 Å². The van der Waals surface area contributed by atoms with Crippen molar-refractivity contribution in [2.45, 2.75) is 32.4 Å². The number of pyridine rings is 1. The molecule has 0 bridgehead atoms. The minimum absolute atomic E-state index is 0.144. The topological polar surface area (TPSA) is 66.6 Å². The molecular weight excluding hydrogens is 310 g/mol. The number of amides is 1. The molecule has 2 N–H and O–H groups in total. The highest BCUT2D eigenvalue weighted by Gasteiger charge is 2.18. The standard InChI is InChI=1S/C17H19N3O2S/c1-11-5-6-16-18-9-13(20(16)10-11)17(22)19-12(2)8-14(21)15-4-3-7-23-15/h3-7,9-10,12,14,21H,8H2,1-2H3,(H,19,22). The lowest BCUT2D eigenvalue weighted by Gasteiger charge is -2.17. The summed E-state index contributed by atoms with van der Waals surface area (Å²) in [5.74, 6) is -0.186. The zero-order chi connectivity index (χ0) is 16.4. The molecule has 1 amide bonds. The van der Waals surface area contributed by atoms with Gasteiger partial charge in [0.25, 0.3) is 5.91 Å². The summed E-state index contributed by atoms with van der Waals surface area (Å²) in [4.78, 5) is 17.6. The van der Waals surface area contributed by atoms with Crippen molar-refractivity contribution >= 4 is 22.9 Å². The third-order valence-electron chi connectivity index (χ3n) is 3.71. The molecule has 3 aromatic heterocycles. The van der Waals surface area contributed by atoms with Crippen LogP contribution in [0.1, 0.15) is 40.4 Å². The van der Waals surface area contributed by atoms with Gasteiger partial charge in [-0.25, -0.2) is 4.98 Å². The Morgan fingerprint density at radius 1 is 1.43 bits per heavy atom. The van der Waals surface area contributed by atoms with Crippen molar-refractivity contribution in [3.8, 4) is 0 Å². The predicted molar refractivity (Wildman–Crippen MR) is 90.8 cm³/mol. The molecule has 2 unspecified atom stereocenters. The van der Waals surface area contributed by atoms with Gasteiger partial charge in [-0.2, -0.15) is 0 Å². The highest BCUT2D eigenvalue weighted by Crippen LogP contribution is 2.23. The number of nitrogens with one attached hydrogen (secondary N) is 1. The first kappa shape index (κ1) is 15.7. The molecule has 0 aliphatic rings. The minimum atomic E-state index is -0.560. The maximum absolute atomic E-state index is 12.5. The molecule has 3 aromatic rings. The zero-order valence-corrected chi connectivity index (χ0v) is 13.9. The molecule has 0 aliphatic carbocycles. The summed E-state index contributed by atoms with van der Waals surface area (Å²) in [6.45, 7) is 3.87. The maximum Gasteiger partial charge on any atom is 0.270 e. The lowest BCUT2D eigenvalue weighted by atomic mass is 10.1. The number of fused-ring (bicyclic) bond motifs is 1. The van der Waals surface area contributed by atoms with Gasteiger partial charge >= 0.3 is 0 Å². The number of nitrogens with zero attached hydrogens (tertiary/aromatic N) is 2. The molecule has 120 valence electrons. The predicted octanol–water partition coefficient (Wildman–Crippen LogP) is 2.95. The quantitative estimate of drug-likeness (QED) is 0.756. The lowest BCUT2D eigenvalue weighted by Crippen LogP contribution is -2.34. The SMILES string of the molecule is Cc1ccc2ncc(C(=O)NC(C)CC(O)c3cccs3)n2c1. The van der Waals surface area contributed by atoms with E-state index in [0.29, 0.717) is 12.1 Å². The van der Waals surface area contributed by atoms with Gasteiger partial charge in [-0.3, -0.25) is 9.20 Å². The largest absolute Gasteiger partial charge is 0.387 e. The van der Waals surface area contributed by atoms with E-state index in [9.17, 15) is 9.90 Å². The Hall–Kier alpha value is -2.18. The van der Waals surface area contributed by atoms with Crippen LogP contribution in [0.4, 0.5) is 0 Å². The number of carbonyl (C=O) groups excluding carboxylic acids is 1. The van der Waals surface area contributed by atoms with E-state index in [1.807, 2.05) is 49.7 Å². The number of rotatable bonds is 5. The van der Waals surface area contributed by atoms with Crippen molar-refractivity contribution in [1.82, 2.24) is 14.7 Å². The van der Waals surface area contributed by atoms with E-state index in [4.69, 9.17) is 0 Å². The van der Waals surface area contributed by atoms with E-state index in [0.717, 1.165) is 16.1 Å². The summed E-state index contributed by atoms with van der Waals surface area (Å²) in [6.07, 6.45) is 3.38. The van der Waals surface area contributed by atoms with Gasteiger partial charge in [-0.1, -0.05) is 12.1 Å². The van der Waals surface area contributed by atoms with Crippen molar-refractivity contribution in [3.05, 3.63) is 58.2 Å². The van der Waals surface area contributed by atoms with Crippen LogP contribution in [0.15, 0.2) is 42.0 Å². The van der Waals surface area contributed by atoms with Crippen LogP contribution >= 0.6 is 11.3 Å². The number of aromatic nitrogens is 2. The van der Waals surface area contributed by atoms with E-state index < -0.39 is 6.10 Å². The first-order chi connectivity index (χ1) is 11.0. The summed E-state index contributed by atoms with van der Waals surface area (Å²) >= 11 is 1.52. The third kappa shape index (κ3) is 3.43. The van der Waals surface area contributed by atoms with Gasteiger partial charge < -0.3 is 10.4 Å². The molecule has 0 saturated heterocycles. The highest BCUT2D eigenvalue weighted by atomic mass is 32.1. The fraction of sp³-hybridized carbons (Fsp3) is 0.294. The molecule has 3 heterocycles. The fourth-order valence-electron chi connectivity index (χ4n) is 2.54. The normalized spacial score (nSPS) is 13.9. The number of aliphatic hydroxyl groups excluding tert-OH is 1. The van der Waals surface area contributed by atoms with Gasteiger partial charge in [0, 0.05) is 17.1 Å². The molecule has 2 atom stereocenters. The van der Waals surface area contributed by atoms with Crippen LogP contribution in [0.5, 0.6) is 0 Å². The van der Waals surface area contributed by atoms with Gasteiger partial charge in [-0.15, -0.1) is 11.3 Å². The monoisotopic (exact) mass is 329 g/mol. The van der Waals surface area contributed by atoms with Crippen LogP contribution in [-0.2, 0) is 0 Å². The molecule has 0 aliphatic heterocycles. The van der Waals surface area contributed by atoms with E-state index >= 15 is 0 Å². The molecule has 0 aromatic carbocycles. The van der Waals surface area contributed by atoms with Crippen molar-refractivity contribution in [1.29, 1.82) is 0 Å². The Balaban J connectivity index is 1.69. The van der Waals surface area contributed by atoms with Crippen LogP contribution in [0.3, 0.4) is 0 Å². The highest BCUT2D eigenvalue weighted by molar-refractivity contribution is 7.10. The summed E-state index contributed by atoms with van der Waals surface area (Å²) in [5, 5.41) is 15.0.